The molecule has 0 spiro atoms. The Hall–Kier alpha value is -3.07. The van der Waals surface area contributed by atoms with Crippen molar-refractivity contribution in [2.45, 2.75) is 70.8 Å². The van der Waals surface area contributed by atoms with E-state index in [9.17, 15) is 4.79 Å². The molecule has 0 bridgehead atoms. The summed E-state index contributed by atoms with van der Waals surface area (Å²) >= 11 is 0. The van der Waals surface area contributed by atoms with Crippen molar-refractivity contribution >= 4 is 5.91 Å². The standard InChI is InChI=1S/C31H39NO2/c1-2-3-4-5-12-24-34-29-22-20-26(21-23-29)16-13-19-31(33)32-30(28-17-10-7-11-18-28)25-27-14-8-6-9-15-27/h6-11,14-15,17-18,20-23,30H,2-5,12-13,16,19,24-25H2,1H3,(H,32,33). The first-order chi connectivity index (χ1) is 16.7. The Morgan fingerprint density at radius 1 is 0.765 bits per heavy atom. The van der Waals surface area contributed by atoms with Gasteiger partial charge >= 0.3 is 0 Å². The molecule has 3 rings (SSSR count). The van der Waals surface area contributed by atoms with E-state index < -0.39 is 0 Å². The van der Waals surface area contributed by atoms with E-state index in [0.29, 0.717) is 6.42 Å². The molecule has 34 heavy (non-hydrogen) atoms. The highest BCUT2D eigenvalue weighted by atomic mass is 16.5. The zero-order chi connectivity index (χ0) is 23.8. The first-order valence-corrected chi connectivity index (χ1v) is 12.8. The number of aryl methyl sites for hydroxylation is 1. The van der Waals surface area contributed by atoms with Crippen molar-refractivity contribution in [2.24, 2.45) is 0 Å². The molecule has 1 amide bonds. The van der Waals surface area contributed by atoms with Crippen molar-refractivity contribution in [3.63, 3.8) is 0 Å². The first-order valence-electron chi connectivity index (χ1n) is 12.8. The van der Waals surface area contributed by atoms with Gasteiger partial charge in [0.2, 0.25) is 5.91 Å². The summed E-state index contributed by atoms with van der Waals surface area (Å²) < 4.78 is 5.85. The third kappa shape index (κ3) is 9.43. The third-order valence-corrected chi connectivity index (χ3v) is 6.13. The van der Waals surface area contributed by atoms with Crippen molar-refractivity contribution in [3.05, 3.63) is 102 Å². The van der Waals surface area contributed by atoms with E-state index in [2.05, 4.69) is 48.6 Å². The summed E-state index contributed by atoms with van der Waals surface area (Å²) in [6.07, 6.45) is 9.26. The third-order valence-electron chi connectivity index (χ3n) is 6.13. The summed E-state index contributed by atoms with van der Waals surface area (Å²) in [5.74, 6) is 1.04. The number of hydrogen-bond donors (Lipinski definition) is 1. The van der Waals surface area contributed by atoms with E-state index in [0.717, 1.165) is 43.6 Å². The molecule has 180 valence electrons. The number of hydrogen-bond acceptors (Lipinski definition) is 2. The average Bonchev–Trinajstić information content (AvgIpc) is 2.88. The molecule has 0 saturated heterocycles. The largest absolute Gasteiger partial charge is 0.494 e. The molecule has 0 heterocycles. The number of amides is 1. The Morgan fingerprint density at radius 3 is 2.15 bits per heavy atom. The molecule has 0 aromatic heterocycles. The maximum atomic E-state index is 12.7. The van der Waals surface area contributed by atoms with Gasteiger partial charge in [-0.25, -0.2) is 0 Å². The second kappa shape index (κ2) is 15.0. The van der Waals surface area contributed by atoms with Gasteiger partial charge in [0, 0.05) is 6.42 Å². The molecule has 3 heteroatoms. The van der Waals surface area contributed by atoms with Crippen molar-refractivity contribution in [1.29, 1.82) is 0 Å². The lowest BCUT2D eigenvalue weighted by atomic mass is 9.98. The van der Waals surface area contributed by atoms with Crippen molar-refractivity contribution in [2.75, 3.05) is 6.61 Å². The lowest BCUT2D eigenvalue weighted by molar-refractivity contribution is -0.121. The lowest BCUT2D eigenvalue weighted by Gasteiger charge is -2.19. The van der Waals surface area contributed by atoms with E-state index in [4.69, 9.17) is 4.74 Å². The lowest BCUT2D eigenvalue weighted by Crippen LogP contribution is -2.29. The number of rotatable bonds is 15. The second-order valence-electron chi connectivity index (χ2n) is 8.98. The van der Waals surface area contributed by atoms with Crippen molar-refractivity contribution in [3.8, 4) is 5.75 Å². The zero-order valence-electron chi connectivity index (χ0n) is 20.5. The fourth-order valence-corrected chi connectivity index (χ4v) is 4.15. The van der Waals surface area contributed by atoms with Gasteiger partial charge in [-0.2, -0.15) is 0 Å². The minimum Gasteiger partial charge on any atom is -0.494 e. The van der Waals surface area contributed by atoms with Crippen LogP contribution in [0.5, 0.6) is 5.75 Å². The van der Waals surface area contributed by atoms with Crippen LogP contribution in [-0.2, 0) is 17.6 Å². The van der Waals surface area contributed by atoms with Gasteiger partial charge in [-0.3, -0.25) is 4.79 Å². The second-order valence-corrected chi connectivity index (χ2v) is 8.98. The molecule has 1 unspecified atom stereocenters. The van der Waals surface area contributed by atoms with Crippen molar-refractivity contribution in [1.82, 2.24) is 5.32 Å². The van der Waals surface area contributed by atoms with Gasteiger partial charge in [0.15, 0.2) is 0 Å². The van der Waals surface area contributed by atoms with Gasteiger partial charge in [-0.15, -0.1) is 0 Å². The van der Waals surface area contributed by atoms with E-state index in [-0.39, 0.29) is 11.9 Å². The van der Waals surface area contributed by atoms with Gasteiger partial charge in [-0.05, 0) is 54.5 Å². The van der Waals surface area contributed by atoms with Gasteiger partial charge < -0.3 is 10.1 Å². The molecule has 3 aromatic carbocycles. The monoisotopic (exact) mass is 457 g/mol. The maximum Gasteiger partial charge on any atom is 0.220 e. The van der Waals surface area contributed by atoms with Crippen LogP contribution in [-0.4, -0.2) is 12.5 Å². The average molecular weight is 458 g/mol. The Kier molecular flexibility index (Phi) is 11.2. The molecule has 3 nitrogen and oxygen atoms in total. The minimum absolute atomic E-state index is 0.0190. The highest BCUT2D eigenvalue weighted by Gasteiger charge is 2.15. The van der Waals surface area contributed by atoms with E-state index in [1.54, 1.807) is 0 Å². The Morgan fingerprint density at radius 2 is 1.44 bits per heavy atom. The van der Waals surface area contributed by atoms with Gasteiger partial charge in [0.1, 0.15) is 5.75 Å². The highest BCUT2D eigenvalue weighted by Crippen LogP contribution is 2.19. The topological polar surface area (TPSA) is 38.3 Å². The number of carbonyl (C=O) groups is 1. The Labute approximate surface area is 205 Å². The molecule has 1 atom stereocenters. The molecular formula is C31H39NO2. The first kappa shape index (κ1) is 25.6. The molecule has 3 aromatic rings. The van der Waals surface area contributed by atoms with Crippen LogP contribution in [0.2, 0.25) is 0 Å². The van der Waals surface area contributed by atoms with Crippen LogP contribution in [0.3, 0.4) is 0 Å². The normalized spacial score (nSPS) is 11.7. The fourth-order valence-electron chi connectivity index (χ4n) is 4.15. The van der Waals surface area contributed by atoms with Crippen LogP contribution in [0.15, 0.2) is 84.9 Å². The van der Waals surface area contributed by atoms with Crippen LogP contribution in [0.4, 0.5) is 0 Å². The van der Waals surface area contributed by atoms with Crippen LogP contribution in [0, 0.1) is 0 Å². The van der Waals surface area contributed by atoms with Crippen LogP contribution >= 0.6 is 0 Å². The highest BCUT2D eigenvalue weighted by molar-refractivity contribution is 5.76. The summed E-state index contributed by atoms with van der Waals surface area (Å²) in [5, 5.41) is 3.26. The number of ether oxygens (including phenoxy) is 1. The summed E-state index contributed by atoms with van der Waals surface area (Å²) in [5.41, 5.74) is 3.60. The quantitative estimate of drug-likeness (QED) is 0.241. The number of nitrogens with one attached hydrogen (secondary N) is 1. The Bertz CT molecular complexity index is 938. The van der Waals surface area contributed by atoms with Crippen LogP contribution in [0.25, 0.3) is 0 Å². The summed E-state index contributed by atoms with van der Waals surface area (Å²) in [6.45, 7) is 3.02. The minimum atomic E-state index is -0.0190. The summed E-state index contributed by atoms with van der Waals surface area (Å²) in [6, 6.07) is 28.9. The van der Waals surface area contributed by atoms with Crippen LogP contribution in [0.1, 0.15) is 74.6 Å². The number of benzene rings is 3. The maximum absolute atomic E-state index is 12.7. The molecule has 0 saturated carbocycles. The predicted molar refractivity (Wildman–Crippen MR) is 141 cm³/mol. The summed E-state index contributed by atoms with van der Waals surface area (Å²) in [4.78, 5) is 12.7. The van der Waals surface area contributed by atoms with Gasteiger partial charge in [0.05, 0.1) is 12.6 Å². The molecule has 0 radical (unpaired) electrons. The molecule has 1 N–H and O–H groups in total. The molecule has 0 aliphatic carbocycles. The smallest absolute Gasteiger partial charge is 0.220 e. The molecule has 0 aliphatic heterocycles. The van der Waals surface area contributed by atoms with E-state index >= 15 is 0 Å². The van der Waals surface area contributed by atoms with Crippen LogP contribution < -0.4 is 10.1 Å². The van der Waals surface area contributed by atoms with E-state index in [1.807, 2.05) is 48.5 Å². The van der Waals surface area contributed by atoms with Crippen molar-refractivity contribution < 1.29 is 9.53 Å². The van der Waals surface area contributed by atoms with Gasteiger partial charge in [0.25, 0.3) is 0 Å². The molecular weight excluding hydrogens is 418 g/mol. The predicted octanol–water partition coefficient (Wildman–Crippen LogP) is 7.46. The fraction of sp³-hybridized carbons (Fsp3) is 0.387. The number of carbonyl (C=O) groups excluding carboxylic acids is 1. The van der Waals surface area contributed by atoms with Gasteiger partial charge in [-0.1, -0.05) is 105 Å². The Balaban J connectivity index is 1.41. The van der Waals surface area contributed by atoms with E-state index in [1.165, 1.54) is 36.8 Å². The zero-order valence-corrected chi connectivity index (χ0v) is 20.5. The SMILES string of the molecule is CCCCCCCOc1ccc(CCCC(=O)NC(Cc2ccccc2)c2ccccc2)cc1. The molecule has 0 aliphatic rings. The number of unbranched alkanes of at least 4 members (excludes halogenated alkanes) is 4. The summed E-state index contributed by atoms with van der Waals surface area (Å²) in [7, 11) is 0. The molecule has 0 fully saturated rings.